The molecule has 66 valence electrons. The van der Waals surface area contributed by atoms with Crippen molar-refractivity contribution in [2.24, 2.45) is 0 Å². The molecule has 4 nitrogen and oxygen atoms in total. The molecule has 0 aliphatic rings. The summed E-state index contributed by atoms with van der Waals surface area (Å²) in [7, 11) is 0. The van der Waals surface area contributed by atoms with Crippen LogP contribution >= 0.6 is 23.2 Å². The Morgan fingerprint density at radius 1 is 1.46 bits per heavy atom. The van der Waals surface area contributed by atoms with Gasteiger partial charge in [-0.05, 0) is 6.07 Å². The molecule has 0 bridgehead atoms. The lowest BCUT2D eigenvalue weighted by atomic mass is 10.2. The fourth-order valence-electron chi connectivity index (χ4n) is 0.815. The molecule has 0 fully saturated rings. The summed E-state index contributed by atoms with van der Waals surface area (Å²) in [5.41, 5.74) is -0.545. The number of hydrogen-bond acceptors (Lipinski definition) is 3. The molecule has 6 heteroatoms. The Bertz CT molecular complexity index is 412. The average Bonchev–Trinajstić information content (AvgIpc) is 2.02. The third-order valence-electron chi connectivity index (χ3n) is 1.34. The molecule has 0 aliphatic carbocycles. The van der Waals surface area contributed by atoms with Crippen molar-refractivity contribution in [3.05, 3.63) is 37.9 Å². The lowest BCUT2D eigenvalue weighted by Gasteiger charge is -1.97. The molecule has 0 aromatic heterocycles. The van der Waals surface area contributed by atoms with Gasteiger partial charge in [-0.3, -0.25) is 10.1 Å². The summed E-state index contributed by atoms with van der Waals surface area (Å²) in [4.78, 5) is 9.72. The van der Waals surface area contributed by atoms with Crippen LogP contribution in [0.2, 0.25) is 10.0 Å². The summed E-state index contributed by atoms with van der Waals surface area (Å²) in [6.45, 7) is 0. The normalized spacial score (nSPS) is 9.31. The van der Waals surface area contributed by atoms with E-state index in [9.17, 15) is 10.1 Å². The van der Waals surface area contributed by atoms with Gasteiger partial charge in [-0.1, -0.05) is 23.2 Å². The molecule has 0 atom stereocenters. The highest BCUT2D eigenvalue weighted by Crippen LogP contribution is 2.29. The van der Waals surface area contributed by atoms with Crippen molar-refractivity contribution in [1.29, 1.82) is 5.26 Å². The summed E-state index contributed by atoms with van der Waals surface area (Å²) < 4.78 is 0. The second kappa shape index (κ2) is 3.60. The maximum Gasteiger partial charge on any atom is 0.290 e. The van der Waals surface area contributed by atoms with Crippen LogP contribution < -0.4 is 0 Å². The van der Waals surface area contributed by atoms with E-state index in [1.54, 1.807) is 6.07 Å². The molecule has 0 amide bonds. The average molecular weight is 217 g/mol. The number of hydrogen-bond donors (Lipinski definition) is 0. The molecular weight excluding hydrogens is 215 g/mol. The van der Waals surface area contributed by atoms with Crippen LogP contribution in [0.3, 0.4) is 0 Å². The fraction of sp³-hybridized carbons (Fsp3) is 0. The van der Waals surface area contributed by atoms with Gasteiger partial charge in [0.15, 0.2) is 0 Å². The molecular formula is C7H2Cl2N2O2. The smallest absolute Gasteiger partial charge is 0.258 e. The Morgan fingerprint density at radius 3 is 2.54 bits per heavy atom. The van der Waals surface area contributed by atoms with Crippen LogP contribution in [0, 0.1) is 21.4 Å². The number of nitriles is 1. The zero-order valence-electron chi connectivity index (χ0n) is 6.12. The number of nitrogens with zero attached hydrogens (tertiary/aromatic N) is 2. The second-order valence-corrected chi connectivity index (χ2v) is 2.99. The molecule has 1 rings (SSSR count). The van der Waals surface area contributed by atoms with E-state index in [2.05, 4.69) is 0 Å². The molecule has 1 aromatic carbocycles. The van der Waals surface area contributed by atoms with E-state index >= 15 is 0 Å². The highest BCUT2D eigenvalue weighted by atomic mass is 35.5. The second-order valence-electron chi connectivity index (χ2n) is 2.15. The van der Waals surface area contributed by atoms with E-state index in [0.717, 1.165) is 6.07 Å². The molecule has 1 aromatic rings. The SMILES string of the molecule is N#Cc1c(Cl)cc(Cl)cc1[N+](=O)[O-]. The van der Waals surface area contributed by atoms with Crippen molar-refractivity contribution in [3.63, 3.8) is 0 Å². The molecule has 13 heavy (non-hydrogen) atoms. The van der Waals surface area contributed by atoms with Gasteiger partial charge in [0.25, 0.3) is 5.69 Å². The van der Waals surface area contributed by atoms with E-state index in [4.69, 9.17) is 28.5 Å². The third kappa shape index (κ3) is 1.89. The maximum atomic E-state index is 10.4. The zero-order chi connectivity index (χ0) is 10.0. The van der Waals surface area contributed by atoms with Gasteiger partial charge in [0, 0.05) is 11.1 Å². The van der Waals surface area contributed by atoms with E-state index in [-0.39, 0.29) is 21.3 Å². The monoisotopic (exact) mass is 216 g/mol. The van der Waals surface area contributed by atoms with Crippen LogP contribution in [0.25, 0.3) is 0 Å². The summed E-state index contributed by atoms with van der Waals surface area (Å²) in [6, 6.07) is 4.02. The number of halogens is 2. The largest absolute Gasteiger partial charge is 0.290 e. The Hall–Kier alpha value is -1.31. The van der Waals surface area contributed by atoms with Gasteiger partial charge in [0.05, 0.1) is 9.95 Å². The van der Waals surface area contributed by atoms with Gasteiger partial charge in [0.2, 0.25) is 0 Å². The Morgan fingerprint density at radius 2 is 2.08 bits per heavy atom. The summed E-state index contributed by atoms with van der Waals surface area (Å²) in [5, 5.41) is 19.1. The van der Waals surface area contributed by atoms with Crippen molar-refractivity contribution in [1.82, 2.24) is 0 Å². The minimum absolute atomic E-state index is 0.0123. The first-order chi connectivity index (χ1) is 6.06. The number of rotatable bonds is 1. The topological polar surface area (TPSA) is 66.9 Å². The van der Waals surface area contributed by atoms with E-state index in [1.807, 2.05) is 0 Å². The first-order valence-corrected chi connectivity index (χ1v) is 3.85. The Labute approximate surface area is 83.4 Å². The van der Waals surface area contributed by atoms with Crippen molar-refractivity contribution in [3.8, 4) is 6.07 Å². The molecule has 0 unspecified atom stereocenters. The highest BCUT2D eigenvalue weighted by Gasteiger charge is 2.17. The van der Waals surface area contributed by atoms with Crippen LogP contribution in [0.4, 0.5) is 5.69 Å². The minimum atomic E-state index is -0.698. The van der Waals surface area contributed by atoms with E-state index in [1.165, 1.54) is 6.07 Å². The Kier molecular flexibility index (Phi) is 2.71. The van der Waals surface area contributed by atoms with Gasteiger partial charge < -0.3 is 0 Å². The summed E-state index contributed by atoms with van der Waals surface area (Å²) in [5.74, 6) is 0. The lowest BCUT2D eigenvalue weighted by molar-refractivity contribution is -0.385. The summed E-state index contributed by atoms with van der Waals surface area (Å²) in [6.07, 6.45) is 0. The standard InChI is InChI=1S/C7H2Cl2N2O2/c8-4-1-6(9)5(3-10)7(2-4)11(12)13/h1-2H. The number of nitro benzene ring substituents is 1. The van der Waals surface area contributed by atoms with Gasteiger partial charge in [-0.25, -0.2) is 0 Å². The first kappa shape index (κ1) is 9.78. The first-order valence-electron chi connectivity index (χ1n) is 3.10. The molecule has 0 radical (unpaired) electrons. The fourth-order valence-corrected chi connectivity index (χ4v) is 1.34. The predicted molar refractivity (Wildman–Crippen MR) is 47.8 cm³/mol. The molecule has 0 aliphatic heterocycles. The highest BCUT2D eigenvalue weighted by molar-refractivity contribution is 6.35. The van der Waals surface area contributed by atoms with Crippen LogP contribution in [0.1, 0.15) is 5.56 Å². The minimum Gasteiger partial charge on any atom is -0.258 e. The number of nitro groups is 1. The van der Waals surface area contributed by atoms with Crippen molar-refractivity contribution in [2.45, 2.75) is 0 Å². The van der Waals surface area contributed by atoms with Crippen molar-refractivity contribution < 1.29 is 4.92 Å². The number of benzene rings is 1. The van der Waals surface area contributed by atoms with Gasteiger partial charge in [0.1, 0.15) is 11.6 Å². The lowest BCUT2D eigenvalue weighted by Crippen LogP contribution is -1.92. The van der Waals surface area contributed by atoms with E-state index < -0.39 is 4.92 Å². The van der Waals surface area contributed by atoms with Gasteiger partial charge in [-0.2, -0.15) is 5.26 Å². The molecule has 0 saturated heterocycles. The van der Waals surface area contributed by atoms with Crippen LogP contribution in [-0.2, 0) is 0 Å². The Balaban J connectivity index is 3.50. The maximum absolute atomic E-state index is 10.4. The molecule has 0 heterocycles. The van der Waals surface area contributed by atoms with Crippen molar-refractivity contribution >= 4 is 28.9 Å². The van der Waals surface area contributed by atoms with Crippen molar-refractivity contribution in [2.75, 3.05) is 0 Å². The van der Waals surface area contributed by atoms with Crippen LogP contribution in [0.5, 0.6) is 0 Å². The zero-order valence-corrected chi connectivity index (χ0v) is 7.63. The van der Waals surface area contributed by atoms with Gasteiger partial charge in [-0.15, -0.1) is 0 Å². The molecule has 0 saturated carbocycles. The molecule has 0 spiro atoms. The van der Waals surface area contributed by atoms with Gasteiger partial charge >= 0.3 is 0 Å². The molecule has 0 N–H and O–H groups in total. The van der Waals surface area contributed by atoms with E-state index in [0.29, 0.717) is 0 Å². The predicted octanol–water partition coefficient (Wildman–Crippen LogP) is 2.77. The van der Waals surface area contributed by atoms with Crippen LogP contribution in [0.15, 0.2) is 12.1 Å². The van der Waals surface area contributed by atoms with Crippen LogP contribution in [-0.4, -0.2) is 4.92 Å². The third-order valence-corrected chi connectivity index (χ3v) is 1.86. The summed E-state index contributed by atoms with van der Waals surface area (Å²) >= 11 is 11.1. The quantitative estimate of drug-likeness (QED) is 0.536.